The zero-order valence-electron chi connectivity index (χ0n) is 13.1. The second-order valence-corrected chi connectivity index (χ2v) is 6.10. The molecule has 2 aromatic carbocycles. The fourth-order valence-electron chi connectivity index (χ4n) is 2.89. The van der Waals surface area contributed by atoms with Gasteiger partial charge in [-0.25, -0.2) is 9.18 Å². The lowest BCUT2D eigenvalue weighted by atomic mass is 9.95. The molecule has 3 rings (SSSR count). The third-order valence-electron chi connectivity index (χ3n) is 4.45. The number of carbonyl (C=O) groups is 2. The van der Waals surface area contributed by atoms with Gasteiger partial charge in [-0.1, -0.05) is 24.3 Å². The molecule has 0 bridgehead atoms. The van der Waals surface area contributed by atoms with E-state index in [9.17, 15) is 14.0 Å². The van der Waals surface area contributed by atoms with E-state index >= 15 is 0 Å². The molecule has 0 atom stereocenters. The Bertz CT molecular complexity index is 766. The van der Waals surface area contributed by atoms with Gasteiger partial charge in [0, 0.05) is 6.54 Å². The Morgan fingerprint density at radius 2 is 1.83 bits per heavy atom. The van der Waals surface area contributed by atoms with Gasteiger partial charge in [-0.15, -0.1) is 0 Å². The predicted molar refractivity (Wildman–Crippen MR) is 87.4 cm³/mol. The Kier molecular flexibility index (Phi) is 4.34. The van der Waals surface area contributed by atoms with Crippen molar-refractivity contribution in [3.63, 3.8) is 0 Å². The molecule has 0 aromatic heterocycles. The van der Waals surface area contributed by atoms with Crippen molar-refractivity contribution in [2.75, 3.05) is 6.54 Å². The molecule has 5 heteroatoms. The van der Waals surface area contributed by atoms with E-state index < -0.39 is 11.4 Å². The van der Waals surface area contributed by atoms with Gasteiger partial charge in [-0.3, -0.25) is 4.79 Å². The number of nitrogens with one attached hydrogen (secondary N) is 1. The smallest absolute Gasteiger partial charge is 0.335 e. The maximum Gasteiger partial charge on any atom is 0.335 e. The second-order valence-electron chi connectivity index (χ2n) is 6.10. The summed E-state index contributed by atoms with van der Waals surface area (Å²) in [6.07, 6.45) is 2.09. The number of carboxylic acid groups (broad SMARTS) is 1. The third kappa shape index (κ3) is 3.30. The Morgan fingerprint density at radius 1 is 1.12 bits per heavy atom. The zero-order valence-corrected chi connectivity index (χ0v) is 13.1. The number of hydrogen-bond donors (Lipinski definition) is 2. The summed E-state index contributed by atoms with van der Waals surface area (Å²) in [5.41, 5.74) is 1.41. The van der Waals surface area contributed by atoms with E-state index in [0.29, 0.717) is 13.0 Å². The molecular weight excluding hydrogens is 309 g/mol. The van der Waals surface area contributed by atoms with Crippen molar-refractivity contribution in [1.29, 1.82) is 0 Å². The van der Waals surface area contributed by atoms with E-state index in [1.54, 1.807) is 24.3 Å². The van der Waals surface area contributed by atoms with Gasteiger partial charge < -0.3 is 10.4 Å². The van der Waals surface area contributed by atoms with E-state index in [2.05, 4.69) is 5.32 Å². The maximum atomic E-state index is 13.0. The molecule has 4 nitrogen and oxygen atoms in total. The molecule has 1 amide bonds. The lowest BCUT2D eigenvalue weighted by molar-refractivity contribution is -0.123. The summed E-state index contributed by atoms with van der Waals surface area (Å²) < 4.78 is 13.0. The van der Waals surface area contributed by atoms with E-state index in [1.807, 2.05) is 6.07 Å². The molecule has 0 heterocycles. The lowest BCUT2D eigenvalue weighted by Gasteiger charge is -2.16. The van der Waals surface area contributed by atoms with E-state index in [4.69, 9.17) is 5.11 Å². The number of carbonyl (C=O) groups excluding carboxylic acids is 1. The Balaban J connectivity index is 1.59. The number of benzene rings is 2. The minimum absolute atomic E-state index is 0.0523. The summed E-state index contributed by atoms with van der Waals surface area (Å²) in [5, 5.41) is 11.9. The Hall–Kier alpha value is -2.69. The molecule has 124 valence electrons. The summed E-state index contributed by atoms with van der Waals surface area (Å²) in [6, 6.07) is 12.8. The standard InChI is InChI=1S/C19H18FNO3/c20-16-6-4-15(5-7-16)19(9-10-19)18(24)21-11-8-13-2-1-3-14(12-13)17(22)23/h1-7,12H,8-11H2,(H,21,24)(H,22,23). The summed E-state index contributed by atoms with van der Waals surface area (Å²) in [7, 11) is 0. The highest BCUT2D eigenvalue weighted by Crippen LogP contribution is 2.48. The van der Waals surface area contributed by atoms with Crippen molar-refractivity contribution in [2.24, 2.45) is 0 Å². The maximum absolute atomic E-state index is 13.0. The average molecular weight is 327 g/mol. The van der Waals surface area contributed by atoms with Crippen molar-refractivity contribution in [3.8, 4) is 0 Å². The van der Waals surface area contributed by atoms with Crippen LogP contribution in [0.5, 0.6) is 0 Å². The molecule has 2 aromatic rings. The van der Waals surface area contributed by atoms with Crippen LogP contribution in [-0.4, -0.2) is 23.5 Å². The van der Waals surface area contributed by atoms with Crippen LogP contribution in [-0.2, 0) is 16.6 Å². The van der Waals surface area contributed by atoms with E-state index in [1.165, 1.54) is 18.2 Å². The summed E-state index contributed by atoms with van der Waals surface area (Å²) in [6.45, 7) is 0.435. The first-order valence-corrected chi connectivity index (χ1v) is 7.88. The van der Waals surface area contributed by atoms with Crippen LogP contribution in [0.15, 0.2) is 48.5 Å². The quantitative estimate of drug-likeness (QED) is 0.857. The number of carboxylic acids is 1. The lowest BCUT2D eigenvalue weighted by Crippen LogP contribution is -2.35. The highest BCUT2D eigenvalue weighted by atomic mass is 19.1. The van der Waals surface area contributed by atoms with Crippen molar-refractivity contribution >= 4 is 11.9 Å². The van der Waals surface area contributed by atoms with Crippen molar-refractivity contribution in [2.45, 2.75) is 24.7 Å². The third-order valence-corrected chi connectivity index (χ3v) is 4.45. The molecule has 2 N–H and O–H groups in total. The summed E-state index contributed by atoms with van der Waals surface area (Å²) in [5.74, 6) is -1.33. The normalized spacial score (nSPS) is 14.9. The van der Waals surface area contributed by atoms with Gasteiger partial charge in [0.2, 0.25) is 5.91 Å². The van der Waals surface area contributed by atoms with Crippen molar-refractivity contribution < 1.29 is 19.1 Å². The largest absolute Gasteiger partial charge is 0.478 e. The molecule has 1 saturated carbocycles. The molecule has 1 aliphatic rings. The number of halogens is 1. The predicted octanol–water partition coefficient (Wildman–Crippen LogP) is 2.91. The van der Waals surface area contributed by atoms with E-state index in [0.717, 1.165) is 24.0 Å². The fourth-order valence-corrected chi connectivity index (χ4v) is 2.89. The van der Waals surface area contributed by atoms with Crippen LogP contribution >= 0.6 is 0 Å². The number of aromatic carboxylic acids is 1. The van der Waals surface area contributed by atoms with Gasteiger partial charge in [0.25, 0.3) is 0 Å². The van der Waals surface area contributed by atoms with E-state index in [-0.39, 0.29) is 17.3 Å². The van der Waals surface area contributed by atoms with Gasteiger partial charge in [-0.2, -0.15) is 0 Å². The van der Waals surface area contributed by atoms with Crippen LogP contribution in [0.2, 0.25) is 0 Å². The van der Waals surface area contributed by atoms with Crippen LogP contribution in [0.1, 0.15) is 34.3 Å². The first kappa shape index (κ1) is 16.2. The van der Waals surface area contributed by atoms with Crippen LogP contribution in [0.25, 0.3) is 0 Å². The monoisotopic (exact) mass is 327 g/mol. The molecule has 1 fully saturated rings. The van der Waals surface area contributed by atoms with Crippen molar-refractivity contribution in [1.82, 2.24) is 5.32 Å². The number of hydrogen-bond acceptors (Lipinski definition) is 2. The van der Waals surface area contributed by atoms with Gasteiger partial charge in [0.15, 0.2) is 0 Å². The van der Waals surface area contributed by atoms with Crippen LogP contribution < -0.4 is 5.32 Å². The molecule has 0 aliphatic heterocycles. The van der Waals surface area contributed by atoms with Gasteiger partial charge >= 0.3 is 5.97 Å². The highest BCUT2D eigenvalue weighted by molar-refractivity contribution is 5.91. The molecule has 0 radical (unpaired) electrons. The molecule has 24 heavy (non-hydrogen) atoms. The molecule has 0 saturated heterocycles. The first-order chi connectivity index (χ1) is 11.5. The zero-order chi connectivity index (χ0) is 17.2. The minimum atomic E-state index is -0.964. The van der Waals surface area contributed by atoms with Gasteiger partial charge in [0.1, 0.15) is 5.82 Å². The number of rotatable bonds is 6. The Labute approximate surface area is 139 Å². The molecule has 1 aliphatic carbocycles. The molecule has 0 unspecified atom stereocenters. The van der Waals surface area contributed by atoms with Crippen LogP contribution in [0.3, 0.4) is 0 Å². The summed E-state index contributed by atoms with van der Waals surface area (Å²) >= 11 is 0. The molecular formula is C19H18FNO3. The van der Waals surface area contributed by atoms with Crippen molar-refractivity contribution in [3.05, 3.63) is 71.0 Å². The van der Waals surface area contributed by atoms with Crippen LogP contribution in [0, 0.1) is 5.82 Å². The first-order valence-electron chi connectivity index (χ1n) is 7.88. The summed E-state index contributed by atoms with van der Waals surface area (Å²) in [4.78, 5) is 23.4. The minimum Gasteiger partial charge on any atom is -0.478 e. The Morgan fingerprint density at radius 3 is 2.46 bits per heavy atom. The van der Waals surface area contributed by atoms with Gasteiger partial charge in [-0.05, 0) is 54.7 Å². The topological polar surface area (TPSA) is 66.4 Å². The average Bonchev–Trinajstić information content (AvgIpc) is 3.37. The molecule has 0 spiro atoms. The van der Waals surface area contributed by atoms with Gasteiger partial charge in [0.05, 0.1) is 11.0 Å². The SMILES string of the molecule is O=C(O)c1cccc(CCNC(=O)C2(c3ccc(F)cc3)CC2)c1. The fraction of sp³-hybridized carbons (Fsp3) is 0.263. The number of amides is 1. The van der Waals surface area contributed by atoms with Crippen LogP contribution in [0.4, 0.5) is 4.39 Å². The highest BCUT2D eigenvalue weighted by Gasteiger charge is 2.50. The second kappa shape index (κ2) is 6.43.